The Labute approximate surface area is 115 Å². The van der Waals surface area contributed by atoms with Crippen molar-refractivity contribution in [3.05, 3.63) is 0 Å². The molecule has 1 aliphatic carbocycles. The molecule has 1 aliphatic rings. The third-order valence-corrected chi connectivity index (χ3v) is 3.72. The van der Waals surface area contributed by atoms with Crippen LogP contribution in [-0.4, -0.2) is 29.2 Å². The Kier molecular flexibility index (Phi) is 5.83. The van der Waals surface area contributed by atoms with Gasteiger partial charge in [-0.3, -0.25) is 4.79 Å². The second kappa shape index (κ2) is 6.95. The van der Waals surface area contributed by atoms with Crippen molar-refractivity contribution in [2.24, 2.45) is 11.8 Å². The Morgan fingerprint density at radius 2 is 1.90 bits per heavy atom. The van der Waals surface area contributed by atoms with Gasteiger partial charge in [0.15, 0.2) is 0 Å². The van der Waals surface area contributed by atoms with Crippen LogP contribution in [0.1, 0.15) is 45.4 Å². The lowest BCUT2D eigenvalue weighted by molar-refractivity contribution is -0.198. The van der Waals surface area contributed by atoms with Crippen molar-refractivity contribution in [3.63, 3.8) is 0 Å². The van der Waals surface area contributed by atoms with Crippen LogP contribution in [0, 0.1) is 11.8 Å². The fraction of sp³-hybridized carbons (Fsp3) is 0.846. The highest BCUT2D eigenvalue weighted by Crippen LogP contribution is 2.41. The lowest BCUT2D eigenvalue weighted by Crippen LogP contribution is -2.48. The average Bonchev–Trinajstić information content (AvgIpc) is 2.37. The van der Waals surface area contributed by atoms with E-state index in [2.05, 4.69) is 5.32 Å². The molecule has 0 aromatic rings. The van der Waals surface area contributed by atoms with Crippen molar-refractivity contribution >= 4 is 11.9 Å². The largest absolute Gasteiger partial charge is 0.480 e. The van der Waals surface area contributed by atoms with E-state index in [4.69, 9.17) is 5.11 Å². The SMILES string of the molecule is CCCC(NC(=O)C1CCCCC1C(F)(F)F)C(=O)O. The van der Waals surface area contributed by atoms with Gasteiger partial charge in [0.05, 0.1) is 5.92 Å². The van der Waals surface area contributed by atoms with Crippen molar-refractivity contribution in [1.29, 1.82) is 0 Å². The Hall–Kier alpha value is -1.27. The molecule has 116 valence electrons. The maximum atomic E-state index is 12.9. The van der Waals surface area contributed by atoms with Gasteiger partial charge < -0.3 is 10.4 Å². The van der Waals surface area contributed by atoms with Gasteiger partial charge >= 0.3 is 12.1 Å². The number of nitrogens with one attached hydrogen (secondary N) is 1. The Morgan fingerprint density at radius 3 is 2.40 bits per heavy atom. The summed E-state index contributed by atoms with van der Waals surface area (Å²) in [6.45, 7) is 1.75. The van der Waals surface area contributed by atoms with Crippen LogP contribution in [0.4, 0.5) is 13.2 Å². The number of halogens is 3. The number of hydrogen-bond acceptors (Lipinski definition) is 2. The lowest BCUT2D eigenvalue weighted by atomic mass is 9.78. The Bertz CT molecular complexity index is 357. The molecule has 7 heteroatoms. The predicted molar refractivity (Wildman–Crippen MR) is 66.0 cm³/mol. The number of aliphatic carboxylic acids is 1. The van der Waals surface area contributed by atoms with Crippen molar-refractivity contribution in [3.8, 4) is 0 Å². The Morgan fingerprint density at radius 1 is 1.30 bits per heavy atom. The zero-order valence-corrected chi connectivity index (χ0v) is 11.4. The molecule has 0 heterocycles. The van der Waals surface area contributed by atoms with Gasteiger partial charge in [0.1, 0.15) is 6.04 Å². The van der Waals surface area contributed by atoms with Gasteiger partial charge in [-0.1, -0.05) is 26.2 Å². The second-order valence-corrected chi connectivity index (χ2v) is 5.23. The maximum absolute atomic E-state index is 12.9. The zero-order chi connectivity index (χ0) is 15.3. The summed E-state index contributed by atoms with van der Waals surface area (Å²) in [5.74, 6) is -4.82. The highest BCUT2D eigenvalue weighted by Gasteiger charge is 2.48. The third-order valence-electron chi connectivity index (χ3n) is 3.72. The van der Waals surface area contributed by atoms with Crippen LogP contribution in [0.5, 0.6) is 0 Å². The molecule has 20 heavy (non-hydrogen) atoms. The molecule has 0 radical (unpaired) electrons. The van der Waals surface area contributed by atoms with E-state index in [9.17, 15) is 22.8 Å². The minimum atomic E-state index is -4.41. The number of hydrogen-bond donors (Lipinski definition) is 2. The smallest absolute Gasteiger partial charge is 0.392 e. The summed E-state index contributed by atoms with van der Waals surface area (Å²) in [7, 11) is 0. The van der Waals surface area contributed by atoms with E-state index in [0.29, 0.717) is 19.3 Å². The molecule has 2 N–H and O–H groups in total. The van der Waals surface area contributed by atoms with E-state index >= 15 is 0 Å². The van der Waals surface area contributed by atoms with Gasteiger partial charge in [0.25, 0.3) is 0 Å². The first-order chi connectivity index (χ1) is 9.27. The van der Waals surface area contributed by atoms with Crippen LogP contribution in [0.3, 0.4) is 0 Å². The molecule has 4 nitrogen and oxygen atoms in total. The monoisotopic (exact) mass is 295 g/mol. The first kappa shape index (κ1) is 16.8. The van der Waals surface area contributed by atoms with Crippen LogP contribution in [0.2, 0.25) is 0 Å². The van der Waals surface area contributed by atoms with Crippen molar-refractivity contribution in [1.82, 2.24) is 5.32 Å². The lowest BCUT2D eigenvalue weighted by Gasteiger charge is -2.32. The predicted octanol–water partition coefficient (Wildman–Crippen LogP) is 2.72. The standard InChI is InChI=1S/C13H20F3NO3/c1-2-5-10(12(19)20)17-11(18)8-6-3-4-7-9(8)13(14,15)16/h8-10H,2-7H2,1H3,(H,17,18)(H,19,20). The van der Waals surface area contributed by atoms with Gasteiger partial charge in [0.2, 0.25) is 5.91 Å². The summed E-state index contributed by atoms with van der Waals surface area (Å²) in [5.41, 5.74) is 0. The highest BCUT2D eigenvalue weighted by molar-refractivity contribution is 5.85. The Balaban J connectivity index is 2.74. The van der Waals surface area contributed by atoms with E-state index in [1.165, 1.54) is 0 Å². The van der Waals surface area contributed by atoms with E-state index in [1.54, 1.807) is 6.92 Å². The maximum Gasteiger partial charge on any atom is 0.392 e. The first-order valence-corrected chi connectivity index (χ1v) is 6.87. The van der Waals surface area contributed by atoms with Gasteiger partial charge in [0, 0.05) is 5.92 Å². The number of carbonyl (C=O) groups is 2. The molecule has 0 aliphatic heterocycles. The molecule has 3 unspecified atom stereocenters. The number of carboxylic acid groups (broad SMARTS) is 1. The summed E-state index contributed by atoms with van der Waals surface area (Å²) in [6, 6.07) is -1.11. The normalized spacial score (nSPS) is 25.0. The molecular weight excluding hydrogens is 275 g/mol. The number of rotatable bonds is 5. The molecule has 0 aromatic carbocycles. The topological polar surface area (TPSA) is 66.4 Å². The number of carboxylic acids is 1. The number of carbonyl (C=O) groups excluding carboxylic acids is 1. The van der Waals surface area contributed by atoms with E-state index < -0.39 is 35.9 Å². The quantitative estimate of drug-likeness (QED) is 0.819. The summed E-state index contributed by atoms with van der Waals surface area (Å²) < 4.78 is 38.7. The van der Waals surface area contributed by atoms with Crippen LogP contribution < -0.4 is 5.32 Å². The summed E-state index contributed by atoms with van der Waals surface area (Å²) in [4.78, 5) is 22.9. The molecule has 1 rings (SSSR count). The van der Waals surface area contributed by atoms with Gasteiger partial charge in [-0.15, -0.1) is 0 Å². The molecule has 0 aromatic heterocycles. The summed E-state index contributed by atoms with van der Waals surface area (Å²) in [6.07, 6.45) is -2.55. The van der Waals surface area contributed by atoms with Crippen molar-refractivity contribution in [2.75, 3.05) is 0 Å². The number of alkyl halides is 3. The molecular formula is C13H20F3NO3. The molecule has 0 saturated heterocycles. The fourth-order valence-corrected chi connectivity index (χ4v) is 2.66. The van der Waals surface area contributed by atoms with Gasteiger partial charge in [-0.25, -0.2) is 4.79 Å². The minimum Gasteiger partial charge on any atom is -0.480 e. The highest BCUT2D eigenvalue weighted by atomic mass is 19.4. The van der Waals surface area contributed by atoms with Crippen LogP contribution in [0.25, 0.3) is 0 Å². The van der Waals surface area contributed by atoms with Crippen LogP contribution >= 0.6 is 0 Å². The molecule has 1 fully saturated rings. The second-order valence-electron chi connectivity index (χ2n) is 5.23. The fourth-order valence-electron chi connectivity index (χ4n) is 2.66. The summed E-state index contributed by atoms with van der Waals surface area (Å²) in [5, 5.41) is 11.2. The number of amides is 1. The van der Waals surface area contributed by atoms with Crippen LogP contribution in [0.15, 0.2) is 0 Å². The molecule has 3 atom stereocenters. The average molecular weight is 295 g/mol. The van der Waals surface area contributed by atoms with Gasteiger partial charge in [-0.2, -0.15) is 13.2 Å². The van der Waals surface area contributed by atoms with Crippen LogP contribution in [-0.2, 0) is 9.59 Å². The summed E-state index contributed by atoms with van der Waals surface area (Å²) >= 11 is 0. The minimum absolute atomic E-state index is 0.0624. The molecule has 0 bridgehead atoms. The van der Waals surface area contributed by atoms with E-state index in [1.807, 2.05) is 0 Å². The molecule has 1 amide bonds. The molecule has 0 spiro atoms. The zero-order valence-electron chi connectivity index (χ0n) is 11.4. The van der Waals surface area contributed by atoms with Gasteiger partial charge in [-0.05, 0) is 19.3 Å². The van der Waals surface area contributed by atoms with E-state index in [-0.39, 0.29) is 19.3 Å². The third kappa shape index (κ3) is 4.38. The van der Waals surface area contributed by atoms with Crippen molar-refractivity contribution in [2.45, 2.75) is 57.7 Å². The first-order valence-electron chi connectivity index (χ1n) is 6.87. The molecule has 1 saturated carbocycles. The van der Waals surface area contributed by atoms with Crippen molar-refractivity contribution < 1.29 is 27.9 Å². The van der Waals surface area contributed by atoms with E-state index in [0.717, 1.165) is 0 Å².